The number of hydrogen-bond acceptors (Lipinski definition) is 3. The van der Waals surface area contributed by atoms with Gasteiger partial charge >= 0.3 is 0 Å². The van der Waals surface area contributed by atoms with E-state index in [-0.39, 0.29) is 28.6 Å². The van der Waals surface area contributed by atoms with Gasteiger partial charge in [-0.1, -0.05) is 54.1 Å². The second kappa shape index (κ2) is 8.78. The summed E-state index contributed by atoms with van der Waals surface area (Å²) in [5.41, 5.74) is 2.45. The number of nitrogens with one attached hydrogen (secondary N) is 1. The number of amides is 1. The van der Waals surface area contributed by atoms with Crippen molar-refractivity contribution in [3.05, 3.63) is 99.8 Å². The highest BCUT2D eigenvalue weighted by molar-refractivity contribution is 7.89. The Bertz CT molecular complexity index is 1250. The van der Waals surface area contributed by atoms with Crippen LogP contribution < -0.4 is 5.32 Å². The number of benzene rings is 3. The number of hydrogen-bond donors (Lipinski definition) is 1. The molecule has 0 saturated carbocycles. The minimum Gasteiger partial charge on any atom is -0.348 e. The molecule has 4 rings (SSSR count). The van der Waals surface area contributed by atoms with E-state index in [1.54, 1.807) is 18.2 Å². The molecule has 3 aromatic carbocycles. The molecule has 31 heavy (non-hydrogen) atoms. The third-order valence-electron chi connectivity index (χ3n) is 5.31. The summed E-state index contributed by atoms with van der Waals surface area (Å²) in [5, 5.41) is 2.72. The number of sulfonamides is 1. The molecule has 0 aromatic heterocycles. The van der Waals surface area contributed by atoms with Crippen molar-refractivity contribution >= 4 is 27.5 Å². The largest absolute Gasteiger partial charge is 0.348 e. The molecule has 0 fully saturated rings. The van der Waals surface area contributed by atoms with Crippen molar-refractivity contribution in [2.75, 3.05) is 6.54 Å². The molecule has 8 heteroatoms. The fourth-order valence-corrected chi connectivity index (χ4v) is 5.22. The number of fused-ring (bicyclic) bond motifs is 1. The Hall–Kier alpha value is -2.74. The maximum absolute atomic E-state index is 13.8. The van der Waals surface area contributed by atoms with Crippen LogP contribution in [0.2, 0.25) is 5.02 Å². The van der Waals surface area contributed by atoms with E-state index in [0.717, 1.165) is 11.1 Å². The van der Waals surface area contributed by atoms with Crippen LogP contribution in [0.5, 0.6) is 0 Å². The SMILES string of the molecule is O=C(NCc1ccccc1F)c1cc(S(=O)(=O)N2CCc3ccccc3C2)ccc1Cl. The highest BCUT2D eigenvalue weighted by Gasteiger charge is 2.29. The van der Waals surface area contributed by atoms with E-state index < -0.39 is 21.7 Å². The minimum absolute atomic E-state index is 0.00711. The van der Waals surface area contributed by atoms with Gasteiger partial charge in [0, 0.05) is 25.2 Å². The predicted molar refractivity (Wildman–Crippen MR) is 117 cm³/mol. The van der Waals surface area contributed by atoms with Crippen LogP contribution in [-0.4, -0.2) is 25.2 Å². The standard InChI is InChI=1S/C23H20ClFN2O3S/c24-21-10-9-19(13-20(21)23(28)26-14-17-6-3-4-8-22(17)25)31(29,30)27-12-11-16-5-1-2-7-18(16)15-27/h1-10,13H,11-12,14-15H2,(H,26,28). The molecule has 1 aliphatic rings. The Kier molecular flexibility index (Phi) is 6.09. The average molecular weight is 459 g/mol. The van der Waals surface area contributed by atoms with Gasteiger partial charge in [0.25, 0.3) is 5.91 Å². The Morgan fingerprint density at radius 1 is 1.03 bits per heavy atom. The second-order valence-electron chi connectivity index (χ2n) is 7.27. The van der Waals surface area contributed by atoms with E-state index in [2.05, 4.69) is 5.32 Å². The lowest BCUT2D eigenvalue weighted by Crippen LogP contribution is -2.36. The molecule has 1 aliphatic heterocycles. The van der Waals surface area contributed by atoms with E-state index in [0.29, 0.717) is 18.5 Å². The van der Waals surface area contributed by atoms with E-state index in [1.165, 1.54) is 28.6 Å². The quantitative estimate of drug-likeness (QED) is 0.624. The molecule has 1 amide bonds. The number of nitrogens with zero attached hydrogens (tertiary/aromatic N) is 1. The van der Waals surface area contributed by atoms with Gasteiger partial charge in [0.15, 0.2) is 0 Å². The zero-order chi connectivity index (χ0) is 22.0. The average Bonchev–Trinajstić information content (AvgIpc) is 2.78. The second-order valence-corrected chi connectivity index (χ2v) is 9.62. The zero-order valence-corrected chi connectivity index (χ0v) is 18.1. The van der Waals surface area contributed by atoms with E-state index >= 15 is 0 Å². The van der Waals surface area contributed by atoms with Gasteiger partial charge in [0.1, 0.15) is 5.82 Å². The third kappa shape index (κ3) is 4.49. The molecular weight excluding hydrogens is 439 g/mol. The summed E-state index contributed by atoms with van der Waals surface area (Å²) in [7, 11) is -3.82. The molecule has 1 heterocycles. The van der Waals surface area contributed by atoms with Gasteiger partial charge in [-0.25, -0.2) is 12.8 Å². The van der Waals surface area contributed by atoms with Crippen molar-refractivity contribution in [1.29, 1.82) is 0 Å². The van der Waals surface area contributed by atoms with Crippen LogP contribution in [0, 0.1) is 5.82 Å². The van der Waals surface area contributed by atoms with E-state index in [1.807, 2.05) is 24.3 Å². The Morgan fingerprint density at radius 2 is 1.74 bits per heavy atom. The van der Waals surface area contributed by atoms with Crippen LogP contribution in [0.3, 0.4) is 0 Å². The molecular formula is C23H20ClFN2O3S. The summed E-state index contributed by atoms with van der Waals surface area (Å²) in [5.74, 6) is -1.01. The molecule has 0 atom stereocenters. The van der Waals surface area contributed by atoms with Crippen LogP contribution in [-0.2, 0) is 29.5 Å². The lowest BCUT2D eigenvalue weighted by molar-refractivity contribution is 0.0950. The smallest absolute Gasteiger partial charge is 0.253 e. The first-order valence-corrected chi connectivity index (χ1v) is 11.6. The predicted octanol–water partition coefficient (Wildman–Crippen LogP) is 4.16. The van der Waals surface area contributed by atoms with Gasteiger partial charge < -0.3 is 5.32 Å². The maximum Gasteiger partial charge on any atom is 0.253 e. The molecule has 0 aliphatic carbocycles. The molecule has 0 unspecified atom stereocenters. The van der Waals surface area contributed by atoms with Crippen LogP contribution in [0.1, 0.15) is 27.0 Å². The highest BCUT2D eigenvalue weighted by Crippen LogP contribution is 2.27. The van der Waals surface area contributed by atoms with Crippen LogP contribution in [0.25, 0.3) is 0 Å². The van der Waals surface area contributed by atoms with Crippen LogP contribution in [0.15, 0.2) is 71.6 Å². The minimum atomic E-state index is -3.82. The summed E-state index contributed by atoms with van der Waals surface area (Å²) >= 11 is 6.16. The van der Waals surface area contributed by atoms with Gasteiger partial charge in [-0.05, 0) is 41.8 Å². The Balaban J connectivity index is 1.55. The lowest BCUT2D eigenvalue weighted by atomic mass is 10.0. The molecule has 0 spiro atoms. The number of rotatable bonds is 5. The Labute approximate surface area is 185 Å². The summed E-state index contributed by atoms with van der Waals surface area (Å²) in [6.45, 7) is 0.592. The first-order valence-electron chi connectivity index (χ1n) is 9.74. The number of halogens is 2. The van der Waals surface area contributed by atoms with Gasteiger partial charge in [0.2, 0.25) is 10.0 Å². The normalized spacial score (nSPS) is 14.1. The molecule has 1 N–H and O–H groups in total. The van der Waals surface area contributed by atoms with Gasteiger partial charge in [-0.3, -0.25) is 4.79 Å². The maximum atomic E-state index is 13.8. The van der Waals surface area contributed by atoms with Gasteiger partial charge in [-0.2, -0.15) is 4.31 Å². The topological polar surface area (TPSA) is 66.5 Å². The molecule has 0 bridgehead atoms. The first kappa shape index (κ1) is 21.5. The molecule has 5 nitrogen and oxygen atoms in total. The lowest BCUT2D eigenvalue weighted by Gasteiger charge is -2.28. The molecule has 160 valence electrons. The van der Waals surface area contributed by atoms with Crippen molar-refractivity contribution in [3.8, 4) is 0 Å². The monoisotopic (exact) mass is 458 g/mol. The third-order valence-corrected chi connectivity index (χ3v) is 7.48. The summed E-state index contributed by atoms with van der Waals surface area (Å²) < 4.78 is 41.6. The van der Waals surface area contributed by atoms with E-state index in [9.17, 15) is 17.6 Å². The van der Waals surface area contributed by atoms with Gasteiger partial charge in [-0.15, -0.1) is 0 Å². The zero-order valence-electron chi connectivity index (χ0n) is 16.5. The van der Waals surface area contributed by atoms with Crippen molar-refractivity contribution in [2.45, 2.75) is 24.4 Å². The highest BCUT2D eigenvalue weighted by atomic mass is 35.5. The summed E-state index contributed by atoms with van der Waals surface area (Å²) in [4.78, 5) is 12.6. The van der Waals surface area contributed by atoms with Crippen LogP contribution >= 0.6 is 11.6 Å². The number of carbonyl (C=O) groups is 1. The van der Waals surface area contributed by atoms with Crippen molar-refractivity contribution in [2.24, 2.45) is 0 Å². The fraction of sp³-hybridized carbons (Fsp3) is 0.174. The van der Waals surface area contributed by atoms with E-state index in [4.69, 9.17) is 11.6 Å². The first-order chi connectivity index (χ1) is 14.9. The van der Waals surface area contributed by atoms with Gasteiger partial charge in [0.05, 0.1) is 15.5 Å². The van der Waals surface area contributed by atoms with Crippen molar-refractivity contribution < 1.29 is 17.6 Å². The molecule has 0 saturated heterocycles. The summed E-state index contributed by atoms with van der Waals surface area (Å²) in [6, 6.07) is 17.9. The van der Waals surface area contributed by atoms with Crippen molar-refractivity contribution in [1.82, 2.24) is 9.62 Å². The van der Waals surface area contributed by atoms with Crippen molar-refractivity contribution in [3.63, 3.8) is 0 Å². The molecule has 3 aromatic rings. The Morgan fingerprint density at radius 3 is 2.52 bits per heavy atom. The number of carbonyl (C=O) groups excluding carboxylic acids is 1. The summed E-state index contributed by atoms with van der Waals surface area (Å²) in [6.07, 6.45) is 0.624. The van der Waals surface area contributed by atoms with Crippen LogP contribution in [0.4, 0.5) is 4.39 Å². The fourth-order valence-electron chi connectivity index (χ4n) is 3.58. The molecule has 0 radical (unpaired) electrons.